The van der Waals surface area contributed by atoms with Crippen molar-refractivity contribution in [1.29, 1.82) is 0 Å². The lowest BCUT2D eigenvalue weighted by molar-refractivity contribution is -0.148. The summed E-state index contributed by atoms with van der Waals surface area (Å²) in [5.74, 6) is -1.91. The van der Waals surface area contributed by atoms with Crippen LogP contribution in [0.15, 0.2) is 17.4 Å². The van der Waals surface area contributed by atoms with Crippen LogP contribution in [0.5, 0.6) is 0 Å². The van der Waals surface area contributed by atoms with Gasteiger partial charge in [-0.3, -0.25) is 5.10 Å². The normalized spacial score (nSPS) is 11.0. The van der Waals surface area contributed by atoms with Crippen LogP contribution in [0.1, 0.15) is 12.6 Å². The summed E-state index contributed by atoms with van der Waals surface area (Å²) in [5, 5.41) is 18.2. The highest BCUT2D eigenvalue weighted by Gasteiger charge is 2.15. The molecule has 0 saturated carbocycles. The summed E-state index contributed by atoms with van der Waals surface area (Å²) in [5.41, 5.74) is -0.187. The molecule has 92 valence electrons. The van der Waals surface area contributed by atoms with Gasteiger partial charge in [0.1, 0.15) is 0 Å². The van der Waals surface area contributed by atoms with Gasteiger partial charge in [0.2, 0.25) is 12.3 Å². The third-order valence-electron chi connectivity index (χ3n) is 1.60. The van der Waals surface area contributed by atoms with Gasteiger partial charge in [-0.1, -0.05) is 5.16 Å². The molecule has 0 radical (unpaired) electrons. The lowest BCUT2D eigenvalue weighted by atomic mass is 10.3. The zero-order chi connectivity index (χ0) is 12.7. The third kappa shape index (κ3) is 3.93. The van der Waals surface area contributed by atoms with Crippen molar-refractivity contribution < 1.29 is 24.3 Å². The second-order valence-corrected chi connectivity index (χ2v) is 2.79. The van der Waals surface area contributed by atoms with Crippen LogP contribution in [0.4, 0.5) is 0 Å². The summed E-state index contributed by atoms with van der Waals surface area (Å²) in [6.45, 7) is 1.42. The van der Waals surface area contributed by atoms with E-state index in [0.29, 0.717) is 0 Å². The predicted octanol–water partition coefficient (Wildman–Crippen LogP) is -0.222. The quantitative estimate of drug-likeness (QED) is 0.404. The van der Waals surface area contributed by atoms with E-state index in [9.17, 15) is 9.59 Å². The first-order chi connectivity index (χ1) is 8.15. The van der Waals surface area contributed by atoms with Crippen LogP contribution in [0, 0.1) is 0 Å². The van der Waals surface area contributed by atoms with Gasteiger partial charge in [0.05, 0.1) is 12.3 Å². The Morgan fingerprint density at radius 2 is 2.35 bits per heavy atom. The van der Waals surface area contributed by atoms with Gasteiger partial charge in [-0.15, -0.1) is 0 Å². The number of oxime groups is 1. The fraction of sp³-hybridized carbons (Fsp3) is 0.333. The molecule has 0 spiro atoms. The van der Waals surface area contributed by atoms with Gasteiger partial charge in [0.15, 0.2) is 0 Å². The molecule has 0 atom stereocenters. The topological polar surface area (TPSA) is 114 Å². The highest BCUT2D eigenvalue weighted by atomic mass is 16.7. The number of carboxylic acid groups (broad SMARTS) is 1. The Morgan fingerprint density at radius 3 is 2.88 bits per heavy atom. The number of aromatic amines is 1. The van der Waals surface area contributed by atoms with Crippen LogP contribution in [-0.4, -0.2) is 46.2 Å². The number of nitrogens with zero attached hydrogens (tertiary/aromatic N) is 2. The first kappa shape index (κ1) is 12.7. The summed E-state index contributed by atoms with van der Waals surface area (Å²) in [6, 6.07) is 1.42. The second-order valence-electron chi connectivity index (χ2n) is 2.79. The molecule has 8 nitrogen and oxygen atoms in total. The highest BCUT2D eigenvalue weighted by Crippen LogP contribution is 1.97. The minimum Gasteiger partial charge on any atom is -0.476 e. The number of esters is 1. The molecule has 1 aromatic rings. The molecule has 0 bridgehead atoms. The predicted molar refractivity (Wildman–Crippen MR) is 55.3 cm³/mol. The average Bonchev–Trinajstić information content (AvgIpc) is 2.77. The van der Waals surface area contributed by atoms with Gasteiger partial charge in [0.25, 0.3) is 0 Å². The molecule has 0 amide bonds. The Kier molecular flexibility index (Phi) is 4.67. The highest BCUT2D eigenvalue weighted by molar-refractivity contribution is 6.41. The number of aliphatic carboxylic acids is 1. The molecule has 0 unspecified atom stereocenters. The smallest absolute Gasteiger partial charge is 0.360 e. The van der Waals surface area contributed by atoms with Crippen LogP contribution in [0.2, 0.25) is 0 Å². The Labute approximate surface area is 96.2 Å². The summed E-state index contributed by atoms with van der Waals surface area (Å²) in [4.78, 5) is 26.3. The van der Waals surface area contributed by atoms with Gasteiger partial charge in [-0.05, 0) is 13.0 Å². The Balaban J connectivity index is 2.60. The van der Waals surface area contributed by atoms with Gasteiger partial charge < -0.3 is 14.7 Å². The van der Waals surface area contributed by atoms with E-state index >= 15 is 0 Å². The van der Waals surface area contributed by atoms with E-state index in [-0.39, 0.29) is 18.0 Å². The monoisotopic (exact) mass is 241 g/mol. The number of ether oxygens (including phenoxy) is 1. The van der Waals surface area contributed by atoms with Crippen molar-refractivity contribution >= 4 is 17.7 Å². The summed E-state index contributed by atoms with van der Waals surface area (Å²) < 4.78 is 4.57. The number of aromatic nitrogens is 2. The second kappa shape index (κ2) is 6.26. The Bertz CT molecular complexity index is 412. The molecule has 17 heavy (non-hydrogen) atoms. The van der Waals surface area contributed by atoms with E-state index in [4.69, 9.17) is 5.11 Å². The van der Waals surface area contributed by atoms with E-state index in [2.05, 4.69) is 24.9 Å². The Hall–Kier alpha value is -2.38. The zero-order valence-electron chi connectivity index (χ0n) is 9.04. The van der Waals surface area contributed by atoms with Crippen LogP contribution >= 0.6 is 0 Å². The van der Waals surface area contributed by atoms with E-state index in [1.165, 1.54) is 12.3 Å². The molecule has 0 fully saturated rings. The van der Waals surface area contributed by atoms with Gasteiger partial charge in [-0.2, -0.15) is 5.10 Å². The number of hydrogen-bond acceptors (Lipinski definition) is 6. The molecule has 0 aromatic carbocycles. The average molecular weight is 241 g/mol. The molecule has 0 aliphatic carbocycles. The molecule has 8 heteroatoms. The van der Waals surface area contributed by atoms with Crippen LogP contribution < -0.4 is 0 Å². The molecule has 0 aliphatic rings. The SMILES string of the molecule is CCOC(=O)CO/N=C(/C(=O)O)c1ccn[nH]1. The molecule has 1 heterocycles. The van der Waals surface area contributed by atoms with Crippen molar-refractivity contribution in [2.24, 2.45) is 5.16 Å². The minimum absolute atomic E-state index is 0.182. The summed E-state index contributed by atoms with van der Waals surface area (Å²) in [6.07, 6.45) is 1.37. The van der Waals surface area contributed by atoms with Crippen LogP contribution in [0.3, 0.4) is 0 Å². The maximum atomic E-state index is 10.9. The number of hydrogen-bond donors (Lipinski definition) is 2. The van der Waals surface area contributed by atoms with E-state index < -0.39 is 18.5 Å². The van der Waals surface area contributed by atoms with Crippen molar-refractivity contribution in [1.82, 2.24) is 10.2 Å². The molecular weight excluding hydrogens is 230 g/mol. The first-order valence-electron chi connectivity index (χ1n) is 4.73. The maximum absolute atomic E-state index is 10.9. The third-order valence-corrected chi connectivity index (χ3v) is 1.60. The number of carbonyl (C=O) groups excluding carboxylic acids is 1. The van der Waals surface area contributed by atoms with E-state index in [1.807, 2.05) is 0 Å². The Morgan fingerprint density at radius 1 is 1.59 bits per heavy atom. The standard InChI is InChI=1S/C9H11N3O5/c1-2-16-7(13)5-17-12-8(9(14)15)6-3-4-10-11-6/h3-4H,2,5H2,1H3,(H,10,11)(H,14,15)/b12-8+. The van der Waals surface area contributed by atoms with Crippen LogP contribution in [-0.2, 0) is 19.2 Å². The summed E-state index contributed by atoms with van der Waals surface area (Å²) in [7, 11) is 0. The lowest BCUT2D eigenvalue weighted by Crippen LogP contribution is -2.17. The largest absolute Gasteiger partial charge is 0.476 e. The molecule has 2 N–H and O–H groups in total. The van der Waals surface area contributed by atoms with Gasteiger partial charge in [0, 0.05) is 6.20 Å². The fourth-order valence-corrected chi connectivity index (χ4v) is 0.943. The summed E-state index contributed by atoms with van der Waals surface area (Å²) >= 11 is 0. The maximum Gasteiger partial charge on any atom is 0.360 e. The molecule has 0 saturated heterocycles. The number of H-pyrrole nitrogens is 1. The number of carboxylic acids is 1. The lowest BCUT2D eigenvalue weighted by Gasteiger charge is -2.01. The van der Waals surface area contributed by atoms with Gasteiger partial charge in [-0.25, -0.2) is 9.59 Å². The van der Waals surface area contributed by atoms with Crippen LogP contribution in [0.25, 0.3) is 0 Å². The van der Waals surface area contributed by atoms with Crippen molar-refractivity contribution in [2.75, 3.05) is 13.2 Å². The van der Waals surface area contributed by atoms with Crippen molar-refractivity contribution in [2.45, 2.75) is 6.92 Å². The molecule has 1 aromatic heterocycles. The first-order valence-corrected chi connectivity index (χ1v) is 4.73. The molecule has 1 rings (SSSR count). The van der Waals surface area contributed by atoms with Gasteiger partial charge >= 0.3 is 11.9 Å². The van der Waals surface area contributed by atoms with E-state index in [0.717, 1.165) is 0 Å². The minimum atomic E-state index is -1.29. The number of carbonyl (C=O) groups is 2. The number of rotatable bonds is 6. The van der Waals surface area contributed by atoms with Crippen molar-refractivity contribution in [3.63, 3.8) is 0 Å². The molecular formula is C9H11N3O5. The van der Waals surface area contributed by atoms with E-state index in [1.54, 1.807) is 6.92 Å². The molecule has 0 aliphatic heterocycles. The van der Waals surface area contributed by atoms with Crippen molar-refractivity contribution in [3.05, 3.63) is 18.0 Å². The number of nitrogens with one attached hydrogen (secondary N) is 1. The fourth-order valence-electron chi connectivity index (χ4n) is 0.943. The zero-order valence-corrected chi connectivity index (χ0v) is 9.04. The van der Waals surface area contributed by atoms with Crippen molar-refractivity contribution in [3.8, 4) is 0 Å².